The van der Waals surface area contributed by atoms with Gasteiger partial charge in [-0.3, -0.25) is 4.90 Å². The van der Waals surface area contributed by atoms with Crippen molar-refractivity contribution >= 4 is 11.4 Å². The first-order chi connectivity index (χ1) is 10.1. The third-order valence-electron chi connectivity index (χ3n) is 4.31. The largest absolute Gasteiger partial charge is 0.489 e. The Labute approximate surface area is 127 Å². The van der Waals surface area contributed by atoms with Gasteiger partial charge in [0.2, 0.25) is 0 Å². The summed E-state index contributed by atoms with van der Waals surface area (Å²) in [6, 6.07) is 6.16. The lowest BCUT2D eigenvalue weighted by Crippen LogP contribution is -2.47. The van der Waals surface area contributed by atoms with E-state index in [1.54, 1.807) is 0 Å². The van der Waals surface area contributed by atoms with Crippen LogP contribution in [0.3, 0.4) is 0 Å². The fourth-order valence-electron chi connectivity index (χ4n) is 2.93. The summed E-state index contributed by atoms with van der Waals surface area (Å²) in [6.45, 7) is 9.89. The predicted molar refractivity (Wildman–Crippen MR) is 88.0 cm³/mol. The molecule has 0 atom stereocenters. The van der Waals surface area contributed by atoms with E-state index in [1.807, 2.05) is 19.9 Å². The topological polar surface area (TPSA) is 41.7 Å². The second-order valence-corrected chi connectivity index (χ2v) is 6.62. The van der Waals surface area contributed by atoms with Crippen LogP contribution in [-0.2, 0) is 0 Å². The van der Waals surface area contributed by atoms with Crippen molar-refractivity contribution in [2.75, 3.05) is 43.4 Å². The van der Waals surface area contributed by atoms with Crippen LogP contribution < -0.4 is 15.4 Å². The number of nitrogens with zero attached hydrogens (tertiary/aromatic N) is 2. The van der Waals surface area contributed by atoms with Crippen LogP contribution in [0.2, 0.25) is 0 Å². The monoisotopic (exact) mass is 289 g/mol. The summed E-state index contributed by atoms with van der Waals surface area (Å²) < 4.78 is 5.80. The zero-order valence-corrected chi connectivity index (χ0v) is 13.2. The summed E-state index contributed by atoms with van der Waals surface area (Å²) in [6.07, 6.45) is 3.03. The normalized spacial score (nSPS) is 20.0. The van der Waals surface area contributed by atoms with Gasteiger partial charge in [0.1, 0.15) is 5.75 Å². The first kappa shape index (κ1) is 14.5. The van der Waals surface area contributed by atoms with E-state index in [9.17, 15) is 0 Å². The maximum Gasteiger partial charge on any atom is 0.144 e. The highest BCUT2D eigenvalue weighted by Crippen LogP contribution is 2.31. The van der Waals surface area contributed by atoms with Gasteiger partial charge in [0, 0.05) is 44.5 Å². The Morgan fingerprint density at radius 3 is 2.52 bits per heavy atom. The number of nitrogens with two attached hydrogens (primary N) is 1. The Bertz CT molecular complexity index is 477. The van der Waals surface area contributed by atoms with Gasteiger partial charge < -0.3 is 15.4 Å². The van der Waals surface area contributed by atoms with Crippen LogP contribution in [0.15, 0.2) is 18.2 Å². The number of hydrogen-bond donors (Lipinski definition) is 1. The van der Waals surface area contributed by atoms with Crippen molar-refractivity contribution in [3.05, 3.63) is 18.2 Å². The van der Waals surface area contributed by atoms with E-state index in [-0.39, 0.29) is 6.10 Å². The van der Waals surface area contributed by atoms with Crippen LogP contribution in [0.25, 0.3) is 0 Å². The average molecular weight is 289 g/mol. The van der Waals surface area contributed by atoms with Gasteiger partial charge in [0.25, 0.3) is 0 Å². The second kappa shape index (κ2) is 6.14. The van der Waals surface area contributed by atoms with Crippen LogP contribution in [0.1, 0.15) is 26.7 Å². The van der Waals surface area contributed by atoms with Gasteiger partial charge >= 0.3 is 0 Å². The number of ether oxygens (including phenoxy) is 1. The molecule has 0 radical (unpaired) electrons. The Kier molecular flexibility index (Phi) is 4.24. The molecule has 1 aromatic carbocycles. The van der Waals surface area contributed by atoms with Crippen molar-refractivity contribution in [3.8, 4) is 5.75 Å². The smallest absolute Gasteiger partial charge is 0.144 e. The molecule has 3 rings (SSSR count). The van der Waals surface area contributed by atoms with Crippen LogP contribution >= 0.6 is 0 Å². The molecule has 1 heterocycles. The van der Waals surface area contributed by atoms with E-state index in [2.05, 4.69) is 21.9 Å². The Balaban J connectivity index is 1.61. The molecule has 1 saturated carbocycles. The molecular weight excluding hydrogens is 262 g/mol. The average Bonchev–Trinajstić information content (AvgIpc) is 3.26. The van der Waals surface area contributed by atoms with E-state index in [0.717, 1.165) is 30.4 Å². The minimum Gasteiger partial charge on any atom is -0.489 e. The number of piperazine rings is 1. The summed E-state index contributed by atoms with van der Waals surface area (Å²) in [5.74, 6) is 1.79. The Hall–Kier alpha value is -1.42. The van der Waals surface area contributed by atoms with Crippen LogP contribution in [0, 0.1) is 5.92 Å². The highest BCUT2D eigenvalue weighted by Gasteiger charge is 2.26. The fraction of sp³-hybridized carbons (Fsp3) is 0.647. The van der Waals surface area contributed by atoms with E-state index in [0.29, 0.717) is 0 Å². The zero-order valence-electron chi connectivity index (χ0n) is 13.2. The number of anilines is 2. The number of rotatable bonds is 5. The second-order valence-electron chi connectivity index (χ2n) is 6.62. The molecule has 0 amide bonds. The summed E-state index contributed by atoms with van der Waals surface area (Å²) >= 11 is 0. The quantitative estimate of drug-likeness (QED) is 0.846. The van der Waals surface area contributed by atoms with Gasteiger partial charge in [-0.05, 0) is 44.7 Å². The summed E-state index contributed by atoms with van der Waals surface area (Å²) in [4.78, 5) is 5.05. The number of benzene rings is 1. The summed E-state index contributed by atoms with van der Waals surface area (Å²) in [5, 5.41) is 0. The van der Waals surface area contributed by atoms with Gasteiger partial charge in [-0.1, -0.05) is 0 Å². The molecule has 0 aromatic heterocycles. The van der Waals surface area contributed by atoms with Gasteiger partial charge in [-0.15, -0.1) is 0 Å². The molecule has 4 nitrogen and oxygen atoms in total. The summed E-state index contributed by atoms with van der Waals surface area (Å²) in [5.41, 5.74) is 7.95. The van der Waals surface area contributed by atoms with Crippen LogP contribution in [0.5, 0.6) is 5.75 Å². The fourth-order valence-corrected chi connectivity index (χ4v) is 2.93. The van der Waals surface area contributed by atoms with E-state index in [1.165, 1.54) is 38.2 Å². The lowest BCUT2D eigenvalue weighted by Gasteiger charge is -2.36. The van der Waals surface area contributed by atoms with Crippen LogP contribution in [0.4, 0.5) is 11.4 Å². The maximum absolute atomic E-state index is 6.00. The lowest BCUT2D eigenvalue weighted by atomic mass is 10.2. The van der Waals surface area contributed by atoms with E-state index < -0.39 is 0 Å². The van der Waals surface area contributed by atoms with Gasteiger partial charge in [0.15, 0.2) is 0 Å². The molecule has 1 aliphatic carbocycles. The number of hydrogen-bond acceptors (Lipinski definition) is 4. The highest BCUT2D eigenvalue weighted by atomic mass is 16.5. The molecule has 2 N–H and O–H groups in total. The molecule has 2 fully saturated rings. The van der Waals surface area contributed by atoms with E-state index >= 15 is 0 Å². The van der Waals surface area contributed by atoms with Crippen molar-refractivity contribution in [1.29, 1.82) is 0 Å². The number of nitrogen functional groups attached to an aromatic ring is 1. The van der Waals surface area contributed by atoms with Crippen molar-refractivity contribution in [2.45, 2.75) is 32.8 Å². The van der Waals surface area contributed by atoms with Crippen molar-refractivity contribution in [2.24, 2.45) is 5.92 Å². The third-order valence-corrected chi connectivity index (χ3v) is 4.31. The van der Waals surface area contributed by atoms with E-state index in [4.69, 9.17) is 10.5 Å². The molecule has 1 aromatic rings. The molecule has 0 spiro atoms. The van der Waals surface area contributed by atoms with Crippen LogP contribution in [-0.4, -0.2) is 43.7 Å². The molecular formula is C17H27N3O. The van der Waals surface area contributed by atoms with Crippen molar-refractivity contribution < 1.29 is 4.74 Å². The minimum atomic E-state index is 0.151. The third kappa shape index (κ3) is 3.82. The molecule has 1 aliphatic heterocycles. The van der Waals surface area contributed by atoms with Gasteiger partial charge in [-0.2, -0.15) is 0 Å². The standard InChI is InChI=1S/C17H27N3O/c1-13(2)21-17-11-15(5-6-16(17)18)20-9-7-19(8-10-20)12-14-3-4-14/h5-6,11,13-14H,3-4,7-10,12,18H2,1-2H3. The molecule has 0 unspecified atom stereocenters. The van der Waals surface area contributed by atoms with Crippen molar-refractivity contribution in [3.63, 3.8) is 0 Å². The zero-order chi connectivity index (χ0) is 14.8. The maximum atomic E-state index is 6.00. The van der Waals surface area contributed by atoms with Gasteiger partial charge in [0.05, 0.1) is 11.8 Å². The SMILES string of the molecule is CC(C)Oc1cc(N2CCN(CC3CC3)CC2)ccc1N. The first-order valence-corrected chi connectivity index (χ1v) is 8.15. The molecule has 2 aliphatic rings. The Morgan fingerprint density at radius 2 is 1.90 bits per heavy atom. The van der Waals surface area contributed by atoms with Crippen molar-refractivity contribution in [1.82, 2.24) is 4.90 Å². The molecule has 0 bridgehead atoms. The molecule has 1 saturated heterocycles. The first-order valence-electron chi connectivity index (χ1n) is 8.15. The molecule has 116 valence electrons. The predicted octanol–water partition coefficient (Wildman–Crippen LogP) is 2.59. The van der Waals surface area contributed by atoms with Gasteiger partial charge in [-0.25, -0.2) is 0 Å². The molecule has 21 heavy (non-hydrogen) atoms. The Morgan fingerprint density at radius 1 is 1.19 bits per heavy atom. The lowest BCUT2D eigenvalue weighted by molar-refractivity contribution is 0.242. The minimum absolute atomic E-state index is 0.151. The summed E-state index contributed by atoms with van der Waals surface area (Å²) in [7, 11) is 0. The highest BCUT2D eigenvalue weighted by molar-refractivity contribution is 5.62. The molecule has 4 heteroatoms.